The standard InChI is InChI=1S/C19H19ClN2O3S/c1-13(14-7-9-16(20)10-8-14)24-11-17(23)12-26-19-22-21-18(25-19)15-5-3-2-4-6-15/h2-10,13,17,23H,11-12H2,1H3/t13-,17+/m1/s1. The molecule has 0 saturated carbocycles. The van der Waals surface area contributed by atoms with Crippen molar-refractivity contribution < 1.29 is 14.3 Å². The first kappa shape index (κ1) is 18.9. The van der Waals surface area contributed by atoms with Gasteiger partial charge in [-0.2, -0.15) is 0 Å². The Morgan fingerprint density at radius 1 is 1.12 bits per heavy atom. The molecule has 0 fully saturated rings. The van der Waals surface area contributed by atoms with Crippen LogP contribution in [0.5, 0.6) is 0 Å². The number of rotatable bonds is 8. The lowest BCUT2D eigenvalue weighted by Gasteiger charge is -2.16. The SMILES string of the molecule is C[C@@H](OC[C@H](O)CSc1nnc(-c2ccccc2)o1)c1ccc(Cl)cc1. The highest BCUT2D eigenvalue weighted by atomic mass is 35.5. The van der Waals surface area contributed by atoms with Gasteiger partial charge in [0.2, 0.25) is 5.89 Å². The van der Waals surface area contributed by atoms with Crippen molar-refractivity contribution in [2.24, 2.45) is 0 Å². The predicted molar refractivity (Wildman–Crippen MR) is 102 cm³/mol. The summed E-state index contributed by atoms with van der Waals surface area (Å²) in [6.07, 6.45) is -0.762. The Balaban J connectivity index is 1.45. The van der Waals surface area contributed by atoms with E-state index in [2.05, 4.69) is 10.2 Å². The highest BCUT2D eigenvalue weighted by Crippen LogP contribution is 2.24. The van der Waals surface area contributed by atoms with Gasteiger partial charge in [-0.25, -0.2) is 0 Å². The molecule has 7 heteroatoms. The van der Waals surface area contributed by atoms with Crippen LogP contribution in [0.1, 0.15) is 18.6 Å². The van der Waals surface area contributed by atoms with E-state index in [1.165, 1.54) is 11.8 Å². The number of aromatic nitrogens is 2. The first-order valence-corrected chi connectivity index (χ1v) is 9.55. The molecule has 3 rings (SSSR count). The third-order valence-corrected chi connectivity index (χ3v) is 4.92. The summed E-state index contributed by atoms with van der Waals surface area (Å²) in [5.41, 5.74) is 1.88. The van der Waals surface area contributed by atoms with Gasteiger partial charge in [-0.15, -0.1) is 10.2 Å². The normalized spacial score (nSPS) is 13.5. The minimum atomic E-state index is -0.637. The van der Waals surface area contributed by atoms with E-state index in [1.54, 1.807) is 0 Å². The number of thioether (sulfide) groups is 1. The minimum Gasteiger partial charge on any atom is -0.411 e. The molecule has 5 nitrogen and oxygen atoms in total. The summed E-state index contributed by atoms with van der Waals surface area (Å²) in [5.74, 6) is 0.874. The van der Waals surface area contributed by atoms with Crippen LogP contribution in [0.3, 0.4) is 0 Å². The van der Waals surface area contributed by atoms with Gasteiger partial charge >= 0.3 is 0 Å². The molecular weight excluding hydrogens is 372 g/mol. The van der Waals surface area contributed by atoms with Crippen molar-refractivity contribution in [3.8, 4) is 11.5 Å². The van der Waals surface area contributed by atoms with Gasteiger partial charge in [0.25, 0.3) is 5.22 Å². The zero-order chi connectivity index (χ0) is 18.4. The lowest BCUT2D eigenvalue weighted by atomic mass is 10.1. The summed E-state index contributed by atoms with van der Waals surface area (Å²) >= 11 is 7.19. The first-order chi connectivity index (χ1) is 12.6. The molecule has 1 N–H and O–H groups in total. The van der Waals surface area contributed by atoms with Crippen LogP contribution in [0.15, 0.2) is 64.2 Å². The van der Waals surface area contributed by atoms with E-state index in [0.29, 0.717) is 21.9 Å². The molecule has 26 heavy (non-hydrogen) atoms. The van der Waals surface area contributed by atoms with Gasteiger partial charge in [0.05, 0.1) is 18.8 Å². The van der Waals surface area contributed by atoms with E-state index >= 15 is 0 Å². The van der Waals surface area contributed by atoms with Gasteiger partial charge in [-0.3, -0.25) is 0 Å². The zero-order valence-corrected chi connectivity index (χ0v) is 15.8. The summed E-state index contributed by atoms with van der Waals surface area (Å²) in [5, 5.41) is 19.3. The van der Waals surface area contributed by atoms with Crippen LogP contribution in [0, 0.1) is 0 Å². The molecule has 0 aliphatic heterocycles. The van der Waals surface area contributed by atoms with E-state index in [0.717, 1.165) is 11.1 Å². The predicted octanol–water partition coefficient (Wildman–Crippen LogP) is 4.62. The fourth-order valence-corrected chi connectivity index (χ4v) is 3.06. The van der Waals surface area contributed by atoms with Crippen LogP contribution >= 0.6 is 23.4 Å². The number of hydrogen-bond acceptors (Lipinski definition) is 6. The molecule has 0 radical (unpaired) electrons. The summed E-state index contributed by atoms with van der Waals surface area (Å²) in [6.45, 7) is 2.16. The van der Waals surface area contributed by atoms with Crippen molar-refractivity contribution >= 4 is 23.4 Å². The molecule has 3 aromatic rings. The molecule has 0 saturated heterocycles. The van der Waals surface area contributed by atoms with Crippen LogP contribution in [0.25, 0.3) is 11.5 Å². The maximum atomic E-state index is 10.1. The average molecular weight is 391 g/mol. The number of benzene rings is 2. The third-order valence-electron chi connectivity index (χ3n) is 3.70. The van der Waals surface area contributed by atoms with Gasteiger partial charge in [0.1, 0.15) is 0 Å². The third kappa shape index (κ3) is 5.32. The Hall–Kier alpha value is -1.86. The van der Waals surface area contributed by atoms with Crippen molar-refractivity contribution in [3.05, 3.63) is 65.2 Å². The lowest BCUT2D eigenvalue weighted by molar-refractivity contribution is 0.00618. The maximum absolute atomic E-state index is 10.1. The number of nitrogens with zero attached hydrogens (tertiary/aromatic N) is 2. The molecule has 0 spiro atoms. The molecule has 2 aromatic carbocycles. The van der Waals surface area contributed by atoms with Crippen LogP contribution < -0.4 is 0 Å². The second kappa shape index (κ2) is 9.19. The van der Waals surface area contributed by atoms with Gasteiger partial charge in [0.15, 0.2) is 0 Å². The maximum Gasteiger partial charge on any atom is 0.276 e. The van der Waals surface area contributed by atoms with Crippen LogP contribution in [-0.2, 0) is 4.74 Å². The van der Waals surface area contributed by atoms with E-state index in [4.69, 9.17) is 20.8 Å². The first-order valence-electron chi connectivity index (χ1n) is 8.18. The van der Waals surface area contributed by atoms with Crippen molar-refractivity contribution in [1.29, 1.82) is 0 Å². The fraction of sp³-hybridized carbons (Fsp3) is 0.263. The van der Waals surface area contributed by atoms with Gasteiger partial charge in [-0.05, 0) is 36.8 Å². The number of aliphatic hydroxyl groups is 1. The number of halogens is 1. The number of hydrogen-bond donors (Lipinski definition) is 1. The van der Waals surface area contributed by atoms with Gasteiger partial charge in [0, 0.05) is 16.3 Å². The molecule has 1 aromatic heterocycles. The molecule has 0 unspecified atom stereocenters. The Morgan fingerprint density at radius 3 is 2.58 bits per heavy atom. The molecule has 136 valence electrons. The zero-order valence-electron chi connectivity index (χ0n) is 14.2. The van der Waals surface area contributed by atoms with Crippen molar-refractivity contribution in [3.63, 3.8) is 0 Å². The lowest BCUT2D eigenvalue weighted by Crippen LogP contribution is -2.19. The van der Waals surface area contributed by atoms with E-state index < -0.39 is 6.10 Å². The Kier molecular flexibility index (Phi) is 6.68. The molecule has 1 heterocycles. The Bertz CT molecular complexity index is 811. The van der Waals surface area contributed by atoms with Crippen LogP contribution in [0.2, 0.25) is 5.02 Å². The Labute approximate surface area is 161 Å². The topological polar surface area (TPSA) is 68.4 Å². The summed E-state index contributed by atoms with van der Waals surface area (Å²) in [6, 6.07) is 17.0. The summed E-state index contributed by atoms with van der Waals surface area (Å²) in [4.78, 5) is 0. The summed E-state index contributed by atoms with van der Waals surface area (Å²) in [7, 11) is 0. The molecule has 0 amide bonds. The second-order valence-corrected chi connectivity index (χ2v) is 7.14. The molecule has 0 aliphatic carbocycles. The molecule has 0 aliphatic rings. The van der Waals surface area contributed by atoms with E-state index in [-0.39, 0.29) is 12.7 Å². The van der Waals surface area contributed by atoms with Gasteiger partial charge in [-0.1, -0.05) is 53.7 Å². The van der Waals surface area contributed by atoms with Crippen LogP contribution in [0.4, 0.5) is 0 Å². The summed E-state index contributed by atoms with van der Waals surface area (Å²) < 4.78 is 11.3. The number of aliphatic hydroxyl groups excluding tert-OH is 1. The highest BCUT2D eigenvalue weighted by Gasteiger charge is 2.14. The Morgan fingerprint density at radius 2 is 1.85 bits per heavy atom. The highest BCUT2D eigenvalue weighted by molar-refractivity contribution is 7.99. The number of ether oxygens (including phenoxy) is 1. The van der Waals surface area contributed by atoms with Crippen molar-refractivity contribution in [2.45, 2.75) is 24.4 Å². The van der Waals surface area contributed by atoms with Crippen LogP contribution in [-0.4, -0.2) is 33.8 Å². The second-order valence-electron chi connectivity index (χ2n) is 5.73. The van der Waals surface area contributed by atoms with Gasteiger partial charge < -0.3 is 14.3 Å². The molecule has 2 atom stereocenters. The average Bonchev–Trinajstić information content (AvgIpc) is 3.15. The monoisotopic (exact) mass is 390 g/mol. The van der Waals surface area contributed by atoms with E-state index in [1.807, 2.05) is 61.5 Å². The minimum absolute atomic E-state index is 0.125. The quantitative estimate of drug-likeness (QED) is 0.566. The van der Waals surface area contributed by atoms with Crippen molar-refractivity contribution in [2.75, 3.05) is 12.4 Å². The van der Waals surface area contributed by atoms with E-state index in [9.17, 15) is 5.11 Å². The molecular formula is C19H19ClN2O3S. The van der Waals surface area contributed by atoms with Crippen molar-refractivity contribution in [1.82, 2.24) is 10.2 Å². The largest absolute Gasteiger partial charge is 0.411 e. The smallest absolute Gasteiger partial charge is 0.276 e. The fourth-order valence-electron chi connectivity index (χ4n) is 2.27. The molecule has 0 bridgehead atoms.